The van der Waals surface area contributed by atoms with Crippen molar-refractivity contribution in [1.82, 2.24) is 9.88 Å². The summed E-state index contributed by atoms with van der Waals surface area (Å²) in [6.07, 6.45) is 2.99. The fraction of sp³-hybridized carbons (Fsp3) is 0.438. The third kappa shape index (κ3) is 3.67. The smallest absolute Gasteiger partial charge is 0.133 e. The van der Waals surface area contributed by atoms with E-state index in [4.69, 9.17) is 0 Å². The summed E-state index contributed by atoms with van der Waals surface area (Å²) in [6.45, 7) is 6.51. The maximum Gasteiger partial charge on any atom is 0.133 e. The highest BCUT2D eigenvalue weighted by atomic mass is 15.1. The molecule has 0 saturated carbocycles. The fourth-order valence-electron chi connectivity index (χ4n) is 2.05. The molecule has 19 heavy (non-hydrogen) atoms. The number of nitrogens with one attached hydrogen (secondary N) is 1. The molecular weight excluding hydrogens is 234 g/mol. The molecule has 3 heteroatoms. The molecule has 0 aliphatic rings. The summed E-state index contributed by atoms with van der Waals surface area (Å²) < 4.78 is 0. The highest BCUT2D eigenvalue weighted by Crippen LogP contribution is 2.20. The monoisotopic (exact) mass is 257 g/mol. The number of benzene rings is 1. The first-order valence-corrected chi connectivity index (χ1v) is 6.96. The first-order chi connectivity index (χ1) is 9.18. The van der Waals surface area contributed by atoms with E-state index in [9.17, 15) is 0 Å². The van der Waals surface area contributed by atoms with Crippen LogP contribution >= 0.6 is 0 Å². The summed E-state index contributed by atoms with van der Waals surface area (Å²) in [4.78, 5) is 6.79. The second kappa shape index (κ2) is 6.53. The van der Waals surface area contributed by atoms with E-state index in [1.807, 2.05) is 12.3 Å². The number of hydrogen-bond donors (Lipinski definition) is 1. The molecule has 0 spiro atoms. The van der Waals surface area contributed by atoms with Crippen LogP contribution in [0.5, 0.6) is 0 Å². The molecule has 0 bridgehead atoms. The zero-order valence-corrected chi connectivity index (χ0v) is 12.1. The van der Waals surface area contributed by atoms with E-state index < -0.39 is 0 Å². The zero-order chi connectivity index (χ0) is 13.7. The highest BCUT2D eigenvalue weighted by molar-refractivity contribution is 5.91. The Morgan fingerprint density at radius 2 is 2.00 bits per heavy atom. The summed E-state index contributed by atoms with van der Waals surface area (Å²) in [6, 6.07) is 11.0. The molecule has 1 N–H and O–H groups in total. The first kappa shape index (κ1) is 13.8. The molecule has 1 heterocycles. The topological polar surface area (TPSA) is 28.2 Å². The molecule has 0 atom stereocenters. The molecule has 3 nitrogen and oxygen atoms in total. The van der Waals surface area contributed by atoms with Crippen LogP contribution in [-0.4, -0.2) is 36.1 Å². The van der Waals surface area contributed by atoms with Crippen LogP contribution in [0.15, 0.2) is 36.5 Å². The Labute approximate surface area is 115 Å². The number of rotatable bonds is 6. The number of hydrogen-bond acceptors (Lipinski definition) is 3. The molecule has 2 rings (SSSR count). The van der Waals surface area contributed by atoms with Gasteiger partial charge >= 0.3 is 0 Å². The Bertz CT molecular complexity index is 517. The van der Waals surface area contributed by atoms with Crippen LogP contribution in [0.3, 0.4) is 0 Å². The number of fused-ring (bicyclic) bond motifs is 1. The van der Waals surface area contributed by atoms with Gasteiger partial charge in [0, 0.05) is 24.2 Å². The van der Waals surface area contributed by atoms with Crippen molar-refractivity contribution in [2.75, 3.05) is 25.5 Å². The van der Waals surface area contributed by atoms with E-state index in [-0.39, 0.29) is 0 Å². The summed E-state index contributed by atoms with van der Waals surface area (Å²) >= 11 is 0. The van der Waals surface area contributed by atoms with Gasteiger partial charge in [-0.3, -0.25) is 0 Å². The summed E-state index contributed by atoms with van der Waals surface area (Å²) in [7, 11) is 2.17. The average molecular weight is 257 g/mol. The minimum absolute atomic E-state index is 0.607. The van der Waals surface area contributed by atoms with Gasteiger partial charge in [0.05, 0.1) is 0 Å². The Morgan fingerprint density at radius 3 is 2.79 bits per heavy atom. The first-order valence-electron chi connectivity index (χ1n) is 6.96. The quantitative estimate of drug-likeness (QED) is 0.804. The Kier molecular flexibility index (Phi) is 4.74. The maximum absolute atomic E-state index is 4.43. The van der Waals surface area contributed by atoms with E-state index in [0.717, 1.165) is 25.3 Å². The minimum Gasteiger partial charge on any atom is -0.370 e. The number of pyridine rings is 1. The van der Waals surface area contributed by atoms with E-state index in [1.54, 1.807) is 0 Å². The van der Waals surface area contributed by atoms with Crippen LogP contribution in [0.1, 0.15) is 20.3 Å². The SMILES string of the molecule is CC(C)N(C)CCCNc1nccc2ccccc12. The molecule has 102 valence electrons. The predicted molar refractivity (Wildman–Crippen MR) is 82.6 cm³/mol. The Balaban J connectivity index is 1.92. The van der Waals surface area contributed by atoms with Crippen molar-refractivity contribution in [1.29, 1.82) is 0 Å². The van der Waals surface area contributed by atoms with Gasteiger partial charge in [-0.15, -0.1) is 0 Å². The molecule has 1 aromatic heterocycles. The van der Waals surface area contributed by atoms with Crippen LogP contribution < -0.4 is 5.32 Å². The zero-order valence-electron chi connectivity index (χ0n) is 12.1. The average Bonchev–Trinajstić information content (AvgIpc) is 2.43. The van der Waals surface area contributed by atoms with Crippen molar-refractivity contribution in [2.24, 2.45) is 0 Å². The summed E-state index contributed by atoms with van der Waals surface area (Å²) in [5.74, 6) is 0.991. The molecule has 0 unspecified atom stereocenters. The molecule has 0 aliphatic heterocycles. The van der Waals surface area contributed by atoms with Gasteiger partial charge in [0.1, 0.15) is 5.82 Å². The van der Waals surface area contributed by atoms with Crippen LogP contribution in [0.2, 0.25) is 0 Å². The minimum atomic E-state index is 0.607. The van der Waals surface area contributed by atoms with Gasteiger partial charge in [-0.1, -0.05) is 24.3 Å². The number of aromatic nitrogens is 1. The summed E-state index contributed by atoms with van der Waals surface area (Å²) in [5, 5.41) is 5.88. The van der Waals surface area contributed by atoms with E-state index >= 15 is 0 Å². The van der Waals surface area contributed by atoms with Crippen LogP contribution in [0, 0.1) is 0 Å². The van der Waals surface area contributed by atoms with Gasteiger partial charge in [-0.2, -0.15) is 0 Å². The number of anilines is 1. The lowest BCUT2D eigenvalue weighted by Gasteiger charge is -2.20. The molecule has 0 radical (unpaired) electrons. The van der Waals surface area contributed by atoms with Crippen molar-refractivity contribution < 1.29 is 0 Å². The van der Waals surface area contributed by atoms with E-state index in [1.165, 1.54) is 10.8 Å². The highest BCUT2D eigenvalue weighted by Gasteiger charge is 2.03. The lowest BCUT2D eigenvalue weighted by molar-refractivity contribution is 0.273. The van der Waals surface area contributed by atoms with Crippen molar-refractivity contribution in [2.45, 2.75) is 26.3 Å². The third-order valence-corrected chi connectivity index (χ3v) is 3.54. The molecule has 0 aliphatic carbocycles. The van der Waals surface area contributed by atoms with Crippen molar-refractivity contribution in [3.63, 3.8) is 0 Å². The van der Waals surface area contributed by atoms with E-state index in [0.29, 0.717) is 6.04 Å². The van der Waals surface area contributed by atoms with Crippen LogP contribution in [0.25, 0.3) is 10.8 Å². The van der Waals surface area contributed by atoms with Crippen LogP contribution in [-0.2, 0) is 0 Å². The van der Waals surface area contributed by atoms with Gasteiger partial charge < -0.3 is 10.2 Å². The molecule has 0 saturated heterocycles. The predicted octanol–water partition coefficient (Wildman–Crippen LogP) is 3.38. The number of nitrogens with zero attached hydrogens (tertiary/aromatic N) is 2. The lowest BCUT2D eigenvalue weighted by atomic mass is 10.1. The third-order valence-electron chi connectivity index (χ3n) is 3.54. The van der Waals surface area contributed by atoms with E-state index in [2.05, 4.69) is 60.4 Å². The Morgan fingerprint density at radius 1 is 1.21 bits per heavy atom. The molecule has 0 amide bonds. The normalized spacial score (nSPS) is 11.4. The molecule has 2 aromatic rings. The van der Waals surface area contributed by atoms with Gasteiger partial charge in [0.25, 0.3) is 0 Å². The Hall–Kier alpha value is -1.61. The fourth-order valence-corrected chi connectivity index (χ4v) is 2.05. The van der Waals surface area contributed by atoms with Gasteiger partial charge in [-0.25, -0.2) is 4.98 Å². The maximum atomic E-state index is 4.43. The van der Waals surface area contributed by atoms with Crippen molar-refractivity contribution in [3.05, 3.63) is 36.5 Å². The molecular formula is C16H23N3. The van der Waals surface area contributed by atoms with Crippen molar-refractivity contribution in [3.8, 4) is 0 Å². The van der Waals surface area contributed by atoms with Crippen LogP contribution in [0.4, 0.5) is 5.82 Å². The molecule has 0 fully saturated rings. The van der Waals surface area contributed by atoms with Crippen molar-refractivity contribution >= 4 is 16.6 Å². The summed E-state index contributed by atoms with van der Waals surface area (Å²) in [5.41, 5.74) is 0. The van der Waals surface area contributed by atoms with Gasteiger partial charge in [0.15, 0.2) is 0 Å². The van der Waals surface area contributed by atoms with Gasteiger partial charge in [0.2, 0.25) is 0 Å². The second-order valence-electron chi connectivity index (χ2n) is 5.24. The standard InChI is InChI=1S/C16H23N3/c1-13(2)19(3)12-6-10-17-16-15-8-5-4-7-14(15)9-11-18-16/h4-5,7-9,11,13H,6,10,12H2,1-3H3,(H,17,18). The lowest BCUT2D eigenvalue weighted by Crippen LogP contribution is -2.28. The molecule has 1 aromatic carbocycles. The largest absolute Gasteiger partial charge is 0.370 e. The second-order valence-corrected chi connectivity index (χ2v) is 5.24. The van der Waals surface area contributed by atoms with Gasteiger partial charge in [-0.05, 0) is 45.3 Å².